The lowest BCUT2D eigenvalue weighted by Crippen LogP contribution is -2.52. The Kier molecular flexibility index (Phi) is 4.54. The molecule has 0 amide bonds. The Labute approximate surface area is 151 Å². The number of aryl methyl sites for hydroxylation is 1. The van der Waals surface area contributed by atoms with Crippen LogP contribution in [-0.4, -0.2) is 42.3 Å². The number of phenols is 1. The van der Waals surface area contributed by atoms with E-state index >= 15 is 4.39 Å². The molecule has 0 spiro atoms. The number of halogens is 2. The van der Waals surface area contributed by atoms with Gasteiger partial charge in [-0.1, -0.05) is 19.1 Å². The monoisotopic (exact) mass is 360 g/mol. The maximum Gasteiger partial charge on any atom is 0.176 e. The summed E-state index contributed by atoms with van der Waals surface area (Å²) >= 11 is 0. The highest BCUT2D eigenvalue weighted by Crippen LogP contribution is 2.41. The number of nitrogens with zero attached hydrogens (tertiary/aromatic N) is 1. The third-order valence-electron chi connectivity index (χ3n) is 5.28. The lowest BCUT2D eigenvalue weighted by molar-refractivity contribution is 0.119. The fourth-order valence-corrected chi connectivity index (χ4v) is 3.90. The third kappa shape index (κ3) is 2.83. The molecule has 4 nitrogen and oxygen atoms in total. The second kappa shape index (κ2) is 6.85. The van der Waals surface area contributed by atoms with E-state index in [1.165, 1.54) is 12.1 Å². The first-order chi connectivity index (χ1) is 12.6. The average molecular weight is 360 g/mol. The summed E-state index contributed by atoms with van der Waals surface area (Å²) in [5, 5.41) is 13.6. The Morgan fingerprint density at radius 3 is 2.96 bits per heavy atom. The summed E-state index contributed by atoms with van der Waals surface area (Å²) in [6, 6.07) is 6.39. The molecule has 1 atom stereocenters. The van der Waals surface area contributed by atoms with Crippen molar-refractivity contribution >= 4 is 0 Å². The first-order valence-electron chi connectivity index (χ1n) is 8.99. The lowest BCUT2D eigenvalue weighted by atomic mass is 9.94. The van der Waals surface area contributed by atoms with E-state index in [0.29, 0.717) is 30.7 Å². The highest BCUT2D eigenvalue weighted by molar-refractivity contribution is 5.76. The van der Waals surface area contributed by atoms with E-state index in [1.54, 1.807) is 12.1 Å². The summed E-state index contributed by atoms with van der Waals surface area (Å²) in [6.07, 6.45) is 0.558. The zero-order valence-corrected chi connectivity index (χ0v) is 14.7. The molecule has 0 aliphatic carbocycles. The smallest absolute Gasteiger partial charge is 0.176 e. The lowest BCUT2D eigenvalue weighted by Gasteiger charge is -2.33. The number of nitrogens with one attached hydrogen (secondary N) is 1. The van der Waals surface area contributed by atoms with Crippen LogP contribution in [0, 0.1) is 11.6 Å². The summed E-state index contributed by atoms with van der Waals surface area (Å²) in [7, 11) is 0. The van der Waals surface area contributed by atoms with E-state index in [-0.39, 0.29) is 28.7 Å². The minimum Gasteiger partial charge on any atom is -0.507 e. The fraction of sp³-hybridized carbons (Fsp3) is 0.400. The van der Waals surface area contributed by atoms with Crippen molar-refractivity contribution in [2.24, 2.45) is 0 Å². The van der Waals surface area contributed by atoms with Gasteiger partial charge in [0.25, 0.3) is 0 Å². The molecule has 2 heterocycles. The number of benzene rings is 2. The van der Waals surface area contributed by atoms with Crippen molar-refractivity contribution in [1.82, 2.24) is 10.2 Å². The Hall–Kier alpha value is -2.18. The van der Waals surface area contributed by atoms with E-state index in [4.69, 9.17) is 4.74 Å². The van der Waals surface area contributed by atoms with E-state index in [1.807, 2.05) is 6.92 Å². The van der Waals surface area contributed by atoms with Gasteiger partial charge < -0.3 is 15.2 Å². The second-order valence-corrected chi connectivity index (χ2v) is 6.84. The van der Waals surface area contributed by atoms with Gasteiger partial charge in [0.2, 0.25) is 0 Å². The van der Waals surface area contributed by atoms with Gasteiger partial charge in [0, 0.05) is 37.3 Å². The van der Waals surface area contributed by atoms with E-state index < -0.39 is 11.6 Å². The highest BCUT2D eigenvalue weighted by Gasteiger charge is 2.31. The van der Waals surface area contributed by atoms with Crippen LogP contribution in [0.1, 0.15) is 18.1 Å². The van der Waals surface area contributed by atoms with Crippen molar-refractivity contribution in [3.05, 3.63) is 47.0 Å². The molecule has 0 bridgehead atoms. The number of phenolic OH excluding ortho intramolecular Hbond substituents is 1. The quantitative estimate of drug-likeness (QED) is 0.864. The van der Waals surface area contributed by atoms with Gasteiger partial charge >= 0.3 is 0 Å². The Morgan fingerprint density at radius 2 is 2.15 bits per heavy atom. The largest absolute Gasteiger partial charge is 0.507 e. The predicted octanol–water partition coefficient (Wildman–Crippen LogP) is 3.07. The van der Waals surface area contributed by atoms with Crippen molar-refractivity contribution in [2.45, 2.75) is 25.9 Å². The molecule has 26 heavy (non-hydrogen) atoms. The summed E-state index contributed by atoms with van der Waals surface area (Å²) in [5.41, 5.74) is 1.20. The van der Waals surface area contributed by atoms with E-state index in [9.17, 15) is 9.50 Å². The van der Waals surface area contributed by atoms with Gasteiger partial charge in [-0.15, -0.1) is 0 Å². The molecule has 0 aromatic heterocycles. The number of rotatable bonds is 2. The SMILES string of the molecule is CCc1cccc(O)c1-c1c(F)cc2c(c1F)OC[C@H]1CNCCN1C2. The molecular weight excluding hydrogens is 338 g/mol. The predicted molar refractivity (Wildman–Crippen MR) is 95.4 cm³/mol. The van der Waals surface area contributed by atoms with Crippen molar-refractivity contribution in [1.29, 1.82) is 0 Å². The minimum atomic E-state index is -0.732. The Bertz CT molecular complexity index is 841. The molecule has 6 heteroatoms. The van der Waals surface area contributed by atoms with Gasteiger partial charge in [0.15, 0.2) is 11.6 Å². The van der Waals surface area contributed by atoms with Crippen LogP contribution in [0.4, 0.5) is 8.78 Å². The van der Waals surface area contributed by atoms with E-state index in [0.717, 1.165) is 19.6 Å². The van der Waals surface area contributed by atoms with Gasteiger partial charge in [0.05, 0.1) is 11.6 Å². The van der Waals surface area contributed by atoms with Crippen LogP contribution in [0.3, 0.4) is 0 Å². The van der Waals surface area contributed by atoms with Gasteiger partial charge in [-0.3, -0.25) is 4.90 Å². The molecule has 2 aromatic rings. The van der Waals surface area contributed by atoms with Crippen LogP contribution >= 0.6 is 0 Å². The summed E-state index contributed by atoms with van der Waals surface area (Å²) in [4.78, 5) is 2.19. The molecule has 138 valence electrons. The zero-order chi connectivity index (χ0) is 18.3. The first-order valence-corrected chi connectivity index (χ1v) is 8.99. The number of aromatic hydroxyl groups is 1. The number of ether oxygens (including phenoxy) is 1. The number of piperazine rings is 1. The van der Waals surface area contributed by atoms with Crippen LogP contribution in [0.2, 0.25) is 0 Å². The molecule has 2 aliphatic heterocycles. The van der Waals surface area contributed by atoms with Gasteiger partial charge in [-0.05, 0) is 24.1 Å². The van der Waals surface area contributed by atoms with Gasteiger partial charge in [-0.25, -0.2) is 8.78 Å². The number of fused-ring (bicyclic) bond motifs is 2. The first kappa shape index (κ1) is 17.2. The molecule has 0 unspecified atom stereocenters. The standard InChI is InChI=1S/C20H22F2N2O2/c1-2-12-4-3-5-16(25)17(12)18-15(21)8-13-10-24-7-6-23-9-14(24)11-26-20(13)19(18)22/h3-5,8,14,23,25H,2,6-7,9-11H2,1H3/t14-/m1/s1. The fourth-order valence-electron chi connectivity index (χ4n) is 3.90. The third-order valence-corrected chi connectivity index (χ3v) is 5.28. The summed E-state index contributed by atoms with van der Waals surface area (Å²) in [5.74, 6) is -1.43. The van der Waals surface area contributed by atoms with Crippen molar-refractivity contribution in [3.63, 3.8) is 0 Å². The van der Waals surface area contributed by atoms with Gasteiger partial charge in [-0.2, -0.15) is 0 Å². The number of hydrogen-bond donors (Lipinski definition) is 2. The maximum absolute atomic E-state index is 15.3. The molecule has 0 radical (unpaired) electrons. The average Bonchev–Trinajstić information content (AvgIpc) is 2.82. The topological polar surface area (TPSA) is 44.7 Å². The van der Waals surface area contributed by atoms with Crippen LogP contribution < -0.4 is 10.1 Å². The van der Waals surface area contributed by atoms with Gasteiger partial charge in [0.1, 0.15) is 18.2 Å². The van der Waals surface area contributed by atoms with Crippen molar-refractivity contribution in [3.8, 4) is 22.6 Å². The molecule has 2 aromatic carbocycles. The van der Waals surface area contributed by atoms with E-state index in [2.05, 4.69) is 10.2 Å². The number of hydrogen-bond acceptors (Lipinski definition) is 4. The van der Waals surface area contributed by atoms with Crippen LogP contribution in [-0.2, 0) is 13.0 Å². The highest BCUT2D eigenvalue weighted by atomic mass is 19.1. The molecule has 2 aliphatic rings. The summed E-state index contributed by atoms with van der Waals surface area (Å²) in [6.45, 7) is 5.13. The molecule has 4 rings (SSSR count). The van der Waals surface area contributed by atoms with Crippen molar-refractivity contribution < 1.29 is 18.6 Å². The molecule has 1 saturated heterocycles. The van der Waals surface area contributed by atoms with Crippen LogP contribution in [0.5, 0.6) is 11.5 Å². The Morgan fingerprint density at radius 1 is 1.31 bits per heavy atom. The molecule has 2 N–H and O–H groups in total. The minimum absolute atomic E-state index is 0.0982. The van der Waals surface area contributed by atoms with Crippen LogP contribution in [0.25, 0.3) is 11.1 Å². The van der Waals surface area contributed by atoms with Crippen molar-refractivity contribution in [2.75, 3.05) is 26.2 Å². The molecule has 1 fully saturated rings. The maximum atomic E-state index is 15.3. The zero-order valence-electron chi connectivity index (χ0n) is 14.7. The van der Waals surface area contributed by atoms with Crippen LogP contribution in [0.15, 0.2) is 24.3 Å². The Balaban J connectivity index is 1.84. The summed E-state index contributed by atoms with van der Waals surface area (Å²) < 4.78 is 36.1. The molecular formula is C20H22F2N2O2. The normalized spacial score (nSPS) is 20.0. The second-order valence-electron chi connectivity index (χ2n) is 6.84. The molecule has 0 saturated carbocycles.